The van der Waals surface area contributed by atoms with Crippen molar-refractivity contribution in [2.24, 2.45) is 0 Å². The zero-order valence-corrected chi connectivity index (χ0v) is 22.7. The molecule has 2 aromatic heterocycles. The molecule has 1 N–H and O–H groups in total. The van der Waals surface area contributed by atoms with Crippen molar-refractivity contribution in [3.05, 3.63) is 35.7 Å². The van der Waals surface area contributed by atoms with Crippen molar-refractivity contribution in [2.75, 3.05) is 45.6 Å². The maximum absolute atomic E-state index is 13.6. The number of likely N-dealkylation sites (N-methyl/N-ethyl adjacent to an activating group) is 1. The quantitative estimate of drug-likeness (QED) is 0.488. The van der Waals surface area contributed by atoms with Crippen molar-refractivity contribution in [3.8, 4) is 0 Å². The molecular formula is C27H39F2N7O2. The molecule has 1 amide bonds. The Morgan fingerprint density at radius 2 is 1.92 bits per heavy atom. The molecule has 5 rings (SSSR count). The van der Waals surface area contributed by atoms with Gasteiger partial charge in [0.05, 0.1) is 6.20 Å². The van der Waals surface area contributed by atoms with Gasteiger partial charge in [-0.05, 0) is 45.7 Å². The SMILES string of the molecule is CC(C)c1cnn2c(NC3CC4CCC(C3)N4C(=O)OC3CN(C/C=C/CN(C)C)C3)cc(C(F)F)nc12. The number of likely N-dealkylation sites (tertiary alicyclic amines) is 1. The first-order chi connectivity index (χ1) is 18.2. The van der Waals surface area contributed by atoms with E-state index in [0.717, 1.165) is 57.4 Å². The van der Waals surface area contributed by atoms with Crippen LogP contribution in [0.5, 0.6) is 0 Å². The molecule has 3 fully saturated rings. The molecule has 3 aliphatic heterocycles. The summed E-state index contributed by atoms with van der Waals surface area (Å²) in [4.78, 5) is 23.6. The second kappa shape index (κ2) is 11.1. The Kier molecular flexibility index (Phi) is 7.85. The summed E-state index contributed by atoms with van der Waals surface area (Å²) < 4.78 is 34.8. The average Bonchev–Trinajstić information content (AvgIpc) is 3.38. The van der Waals surface area contributed by atoms with E-state index in [1.807, 2.05) is 32.8 Å². The van der Waals surface area contributed by atoms with Crippen molar-refractivity contribution in [2.45, 2.75) is 76.1 Å². The predicted octanol–water partition coefficient (Wildman–Crippen LogP) is 4.14. The van der Waals surface area contributed by atoms with Gasteiger partial charge in [-0.3, -0.25) is 4.90 Å². The van der Waals surface area contributed by atoms with E-state index in [2.05, 4.69) is 37.4 Å². The lowest BCUT2D eigenvalue weighted by atomic mass is 9.97. The lowest BCUT2D eigenvalue weighted by molar-refractivity contribution is -0.0306. The summed E-state index contributed by atoms with van der Waals surface area (Å²) in [6, 6.07) is 1.61. The minimum Gasteiger partial charge on any atom is -0.443 e. The van der Waals surface area contributed by atoms with Crippen molar-refractivity contribution in [3.63, 3.8) is 0 Å². The molecule has 0 saturated carbocycles. The van der Waals surface area contributed by atoms with Gasteiger partial charge in [-0.1, -0.05) is 26.0 Å². The van der Waals surface area contributed by atoms with Gasteiger partial charge in [0.15, 0.2) is 5.65 Å². The average molecular weight is 532 g/mol. The highest BCUT2D eigenvalue weighted by atomic mass is 19.3. The van der Waals surface area contributed by atoms with Crippen LogP contribution in [0.2, 0.25) is 0 Å². The Hall–Kier alpha value is -2.79. The Balaban J connectivity index is 1.18. The molecule has 11 heteroatoms. The van der Waals surface area contributed by atoms with Crippen LogP contribution in [0, 0.1) is 0 Å². The van der Waals surface area contributed by atoms with Crippen molar-refractivity contribution < 1.29 is 18.3 Å². The third kappa shape index (κ3) is 5.63. The van der Waals surface area contributed by atoms with E-state index in [0.29, 0.717) is 11.5 Å². The third-order valence-corrected chi connectivity index (χ3v) is 7.85. The number of ether oxygens (including phenoxy) is 1. The summed E-state index contributed by atoms with van der Waals surface area (Å²) >= 11 is 0. The molecule has 2 atom stereocenters. The summed E-state index contributed by atoms with van der Waals surface area (Å²) in [5.74, 6) is 0.639. The highest BCUT2D eigenvalue weighted by molar-refractivity contribution is 5.69. The number of aromatic nitrogens is 3. The Morgan fingerprint density at radius 1 is 1.21 bits per heavy atom. The highest BCUT2D eigenvalue weighted by Gasteiger charge is 2.45. The number of piperidine rings is 1. The summed E-state index contributed by atoms with van der Waals surface area (Å²) in [7, 11) is 4.08. The number of hydrogen-bond acceptors (Lipinski definition) is 7. The first-order valence-corrected chi connectivity index (χ1v) is 13.6. The van der Waals surface area contributed by atoms with E-state index < -0.39 is 6.43 Å². The summed E-state index contributed by atoms with van der Waals surface area (Å²) in [6.45, 7) is 7.31. The summed E-state index contributed by atoms with van der Waals surface area (Å²) in [5.41, 5.74) is 1.05. The Labute approximate surface area is 222 Å². The van der Waals surface area contributed by atoms with Gasteiger partial charge in [0.1, 0.15) is 17.6 Å². The van der Waals surface area contributed by atoms with Gasteiger partial charge >= 0.3 is 6.09 Å². The van der Waals surface area contributed by atoms with Crippen LogP contribution in [0.15, 0.2) is 24.4 Å². The summed E-state index contributed by atoms with van der Waals surface area (Å²) in [5, 5.41) is 7.90. The molecule has 0 spiro atoms. The minimum atomic E-state index is -2.67. The second-order valence-corrected chi connectivity index (χ2v) is 11.4. The second-order valence-electron chi connectivity index (χ2n) is 11.4. The van der Waals surface area contributed by atoms with Gasteiger partial charge in [-0.15, -0.1) is 0 Å². The van der Waals surface area contributed by atoms with Gasteiger partial charge in [0.25, 0.3) is 6.43 Å². The van der Waals surface area contributed by atoms with E-state index in [-0.39, 0.29) is 41.9 Å². The monoisotopic (exact) mass is 531 g/mol. The topological polar surface area (TPSA) is 78.2 Å². The van der Waals surface area contributed by atoms with Crippen molar-refractivity contribution >= 4 is 17.6 Å². The van der Waals surface area contributed by atoms with Crippen LogP contribution in [0.1, 0.15) is 63.1 Å². The standard InChI is InChI=1S/C27H39F2N7O2/c1-17(2)22-14-30-36-24(13-23(25(28)29)32-26(22)36)31-18-11-19-7-8-20(12-18)35(19)27(37)38-21-15-34(16-21)10-6-5-9-33(3)4/h5-6,13-14,17-21,25,31H,7-12,15-16H2,1-4H3/b6-5+. The highest BCUT2D eigenvalue weighted by Crippen LogP contribution is 2.38. The normalized spacial score (nSPS) is 24.3. The fourth-order valence-electron chi connectivity index (χ4n) is 5.88. The van der Waals surface area contributed by atoms with Gasteiger partial charge in [0, 0.05) is 55.9 Å². The van der Waals surface area contributed by atoms with Gasteiger partial charge in [0.2, 0.25) is 0 Å². The molecule has 0 aromatic carbocycles. The van der Waals surface area contributed by atoms with Crippen LogP contribution in [-0.4, -0.2) is 99.9 Å². The number of nitrogens with zero attached hydrogens (tertiary/aromatic N) is 6. The number of carbonyl (C=O) groups is 1. The maximum Gasteiger partial charge on any atom is 0.410 e. The van der Waals surface area contributed by atoms with E-state index in [9.17, 15) is 13.6 Å². The van der Waals surface area contributed by atoms with E-state index in [1.54, 1.807) is 10.7 Å². The van der Waals surface area contributed by atoms with Crippen LogP contribution in [0.4, 0.5) is 19.4 Å². The van der Waals surface area contributed by atoms with Crippen LogP contribution >= 0.6 is 0 Å². The van der Waals surface area contributed by atoms with Crippen molar-refractivity contribution in [1.29, 1.82) is 0 Å². The molecule has 3 aliphatic rings. The lowest BCUT2D eigenvalue weighted by Crippen LogP contribution is -2.56. The number of halogens is 2. The number of carbonyl (C=O) groups excluding carboxylic acids is 1. The van der Waals surface area contributed by atoms with Crippen molar-refractivity contribution in [1.82, 2.24) is 29.3 Å². The zero-order valence-electron chi connectivity index (χ0n) is 22.7. The molecule has 9 nitrogen and oxygen atoms in total. The van der Waals surface area contributed by atoms with Gasteiger partial charge in [-0.2, -0.15) is 9.61 Å². The fourth-order valence-corrected chi connectivity index (χ4v) is 5.88. The Bertz CT molecular complexity index is 1150. The molecule has 2 unspecified atom stereocenters. The summed E-state index contributed by atoms with van der Waals surface area (Å²) in [6.07, 6.45) is 6.40. The van der Waals surface area contributed by atoms with E-state index in [1.165, 1.54) is 6.07 Å². The number of anilines is 1. The first-order valence-electron chi connectivity index (χ1n) is 13.6. The van der Waals surface area contributed by atoms with E-state index >= 15 is 0 Å². The van der Waals surface area contributed by atoms with Gasteiger partial charge in [-0.25, -0.2) is 18.6 Å². The molecule has 2 aromatic rings. The molecule has 2 bridgehead atoms. The van der Waals surface area contributed by atoms with Crippen LogP contribution in [0.25, 0.3) is 5.65 Å². The predicted molar refractivity (Wildman–Crippen MR) is 142 cm³/mol. The number of alkyl halides is 2. The molecule has 5 heterocycles. The maximum atomic E-state index is 13.6. The fraction of sp³-hybridized carbons (Fsp3) is 0.667. The molecule has 0 radical (unpaired) electrons. The third-order valence-electron chi connectivity index (χ3n) is 7.85. The molecule has 208 valence electrons. The minimum absolute atomic E-state index is 0.0486. The number of rotatable bonds is 9. The Morgan fingerprint density at radius 3 is 2.55 bits per heavy atom. The van der Waals surface area contributed by atoms with Crippen LogP contribution in [0.3, 0.4) is 0 Å². The zero-order chi connectivity index (χ0) is 27.0. The molecule has 3 saturated heterocycles. The van der Waals surface area contributed by atoms with E-state index in [4.69, 9.17) is 4.74 Å². The van der Waals surface area contributed by atoms with Gasteiger partial charge < -0.3 is 19.9 Å². The molecule has 38 heavy (non-hydrogen) atoms. The molecular weight excluding hydrogens is 492 g/mol. The number of hydrogen-bond donors (Lipinski definition) is 1. The van der Waals surface area contributed by atoms with Crippen LogP contribution in [-0.2, 0) is 4.74 Å². The number of fused-ring (bicyclic) bond motifs is 3. The number of amides is 1. The smallest absolute Gasteiger partial charge is 0.410 e. The lowest BCUT2D eigenvalue weighted by Gasteiger charge is -2.42. The van der Waals surface area contributed by atoms with Crippen LogP contribution < -0.4 is 5.32 Å². The molecule has 0 aliphatic carbocycles. The first kappa shape index (κ1) is 26.8. The largest absolute Gasteiger partial charge is 0.443 e. The number of nitrogens with one attached hydrogen (secondary N) is 1.